The van der Waals surface area contributed by atoms with E-state index in [0.29, 0.717) is 0 Å². The molecule has 1 saturated heterocycles. The van der Waals surface area contributed by atoms with Gasteiger partial charge in [-0.25, -0.2) is 0 Å². The molecule has 4 nitrogen and oxygen atoms in total. The van der Waals surface area contributed by atoms with Crippen molar-refractivity contribution in [1.82, 2.24) is 14.9 Å². The highest BCUT2D eigenvalue weighted by Crippen LogP contribution is 2.44. The fourth-order valence-corrected chi connectivity index (χ4v) is 5.64. The van der Waals surface area contributed by atoms with Gasteiger partial charge in [0.1, 0.15) is 0 Å². The fraction of sp³-hybridized carbons (Fsp3) is 0.241. The molecule has 34 heavy (non-hydrogen) atoms. The Balaban J connectivity index is 1.70. The number of benzene rings is 2. The molecule has 2 aromatic carbocycles. The fourth-order valence-electron chi connectivity index (χ4n) is 5.29. The van der Waals surface area contributed by atoms with E-state index >= 15 is 0 Å². The first-order valence-corrected chi connectivity index (χ1v) is 12.1. The molecule has 0 unspecified atom stereocenters. The molecule has 1 N–H and O–H groups in total. The zero-order chi connectivity index (χ0) is 24.0. The molecule has 2 atom stereocenters. The van der Waals surface area contributed by atoms with Gasteiger partial charge in [-0.3, -0.25) is 4.98 Å². The van der Waals surface area contributed by atoms with Crippen LogP contribution in [0.5, 0.6) is 0 Å². The summed E-state index contributed by atoms with van der Waals surface area (Å²) < 4.78 is 2.35. The van der Waals surface area contributed by atoms with Gasteiger partial charge >= 0.3 is 0 Å². The van der Waals surface area contributed by atoms with Gasteiger partial charge in [-0.2, -0.15) is 0 Å². The Hall–Kier alpha value is -3.44. The predicted molar refractivity (Wildman–Crippen MR) is 144 cm³/mol. The summed E-state index contributed by atoms with van der Waals surface area (Å²) in [6.45, 7) is 10.8. The number of aromatic nitrogens is 2. The molecule has 1 aliphatic heterocycles. The maximum atomic E-state index is 5.94. The van der Waals surface area contributed by atoms with Crippen LogP contribution in [0, 0.1) is 34.6 Å². The van der Waals surface area contributed by atoms with Crippen molar-refractivity contribution < 1.29 is 0 Å². The maximum absolute atomic E-state index is 5.94. The highest BCUT2D eigenvalue weighted by Gasteiger charge is 2.42. The summed E-state index contributed by atoms with van der Waals surface area (Å²) in [5.41, 5.74) is 10.7. The minimum Gasteiger partial charge on any atom is -0.351 e. The van der Waals surface area contributed by atoms with Crippen LogP contribution in [-0.4, -0.2) is 14.7 Å². The number of anilines is 1. The minimum atomic E-state index is -0.0547. The van der Waals surface area contributed by atoms with E-state index in [9.17, 15) is 0 Å². The largest absolute Gasteiger partial charge is 0.351 e. The van der Waals surface area contributed by atoms with Crippen LogP contribution in [0.15, 0.2) is 72.9 Å². The maximum Gasteiger partial charge on any atom is 0.174 e. The van der Waals surface area contributed by atoms with Gasteiger partial charge in [0.25, 0.3) is 0 Å². The normalized spacial score (nSPS) is 17.8. The Morgan fingerprint density at radius 3 is 2.21 bits per heavy atom. The lowest BCUT2D eigenvalue weighted by Crippen LogP contribution is -2.29. The summed E-state index contributed by atoms with van der Waals surface area (Å²) in [7, 11) is 0. The van der Waals surface area contributed by atoms with Crippen LogP contribution in [0.4, 0.5) is 5.69 Å². The van der Waals surface area contributed by atoms with Crippen molar-refractivity contribution in [3.8, 4) is 5.69 Å². The standard InChI is InChI=1S/C29H30N4S/c1-18-9-8-10-23(14-18)32-21(4)17-25(22(32)5)28-27(26-11-6-7-12-30-26)31-29(34)33(28)24-15-19(2)13-20(3)16-24/h6-17,27-28H,1-5H3,(H,31,34)/t27-,28+/m1/s1. The third-order valence-corrected chi connectivity index (χ3v) is 6.95. The quantitative estimate of drug-likeness (QED) is 0.344. The second-order valence-corrected chi connectivity index (χ2v) is 9.73. The molecule has 5 heteroatoms. The lowest BCUT2D eigenvalue weighted by Gasteiger charge is -2.29. The van der Waals surface area contributed by atoms with E-state index in [1.165, 1.54) is 39.3 Å². The topological polar surface area (TPSA) is 33.1 Å². The van der Waals surface area contributed by atoms with Crippen LogP contribution in [0.25, 0.3) is 5.69 Å². The molecule has 1 fully saturated rings. The average Bonchev–Trinajstić information content (AvgIpc) is 3.29. The Bertz CT molecular complexity index is 1350. The van der Waals surface area contributed by atoms with E-state index in [1.807, 2.05) is 18.3 Å². The number of rotatable bonds is 4. The molecule has 0 amide bonds. The molecule has 172 valence electrons. The minimum absolute atomic E-state index is 0.0200. The van der Waals surface area contributed by atoms with Crippen LogP contribution in [-0.2, 0) is 0 Å². The van der Waals surface area contributed by atoms with Crippen molar-refractivity contribution in [1.29, 1.82) is 0 Å². The first kappa shape index (κ1) is 22.4. The lowest BCUT2D eigenvalue weighted by molar-refractivity contribution is 0.565. The monoisotopic (exact) mass is 466 g/mol. The summed E-state index contributed by atoms with van der Waals surface area (Å²) in [5, 5.41) is 4.32. The zero-order valence-corrected chi connectivity index (χ0v) is 21.1. The van der Waals surface area contributed by atoms with Crippen molar-refractivity contribution in [3.63, 3.8) is 0 Å². The number of thiocarbonyl (C=S) groups is 1. The SMILES string of the molecule is Cc1cc(C)cc(N2C(=S)N[C@H](c3ccccn3)[C@@H]2c2cc(C)n(-c3cccc(C)c3)c2C)c1. The van der Waals surface area contributed by atoms with Crippen LogP contribution < -0.4 is 10.2 Å². The lowest BCUT2D eigenvalue weighted by atomic mass is 9.96. The highest BCUT2D eigenvalue weighted by atomic mass is 32.1. The molecule has 2 aromatic heterocycles. The molecule has 0 bridgehead atoms. The van der Waals surface area contributed by atoms with Crippen LogP contribution in [0.2, 0.25) is 0 Å². The van der Waals surface area contributed by atoms with Gasteiger partial charge in [-0.15, -0.1) is 0 Å². The van der Waals surface area contributed by atoms with Crippen molar-refractivity contribution in [2.45, 2.75) is 46.7 Å². The molecule has 5 rings (SSSR count). The summed E-state index contributed by atoms with van der Waals surface area (Å²) >= 11 is 5.94. The van der Waals surface area contributed by atoms with E-state index in [1.54, 1.807) is 0 Å². The summed E-state index contributed by atoms with van der Waals surface area (Å²) in [5.74, 6) is 0. The van der Waals surface area contributed by atoms with Crippen LogP contribution in [0.1, 0.15) is 51.4 Å². The van der Waals surface area contributed by atoms with E-state index in [-0.39, 0.29) is 12.1 Å². The van der Waals surface area contributed by atoms with Crippen molar-refractivity contribution in [2.75, 3.05) is 4.90 Å². The Morgan fingerprint density at radius 2 is 1.53 bits per heavy atom. The third-order valence-electron chi connectivity index (χ3n) is 6.63. The predicted octanol–water partition coefficient (Wildman–Crippen LogP) is 6.59. The molecular weight excluding hydrogens is 436 g/mol. The molecule has 1 aliphatic rings. The Kier molecular flexibility index (Phi) is 5.74. The molecule has 4 aromatic rings. The second kappa shape index (κ2) is 8.73. The zero-order valence-electron chi connectivity index (χ0n) is 20.3. The van der Waals surface area contributed by atoms with Gasteiger partial charge in [0.05, 0.1) is 17.8 Å². The number of hydrogen-bond donors (Lipinski definition) is 1. The second-order valence-electron chi connectivity index (χ2n) is 9.34. The first-order chi connectivity index (χ1) is 16.3. The van der Waals surface area contributed by atoms with E-state index in [0.717, 1.165) is 16.5 Å². The van der Waals surface area contributed by atoms with Crippen molar-refractivity contribution in [3.05, 3.63) is 112 Å². The van der Waals surface area contributed by atoms with E-state index in [4.69, 9.17) is 17.2 Å². The molecule has 3 heterocycles. The summed E-state index contributed by atoms with van der Waals surface area (Å²) in [4.78, 5) is 6.98. The summed E-state index contributed by atoms with van der Waals surface area (Å²) in [6, 6.07) is 23.6. The molecule has 0 spiro atoms. The van der Waals surface area contributed by atoms with E-state index in [2.05, 4.69) is 104 Å². The molecular formula is C29H30N4S. The van der Waals surface area contributed by atoms with Gasteiger partial charge in [-0.1, -0.05) is 24.3 Å². The molecule has 0 radical (unpaired) electrons. The summed E-state index contributed by atoms with van der Waals surface area (Å²) in [6.07, 6.45) is 1.85. The first-order valence-electron chi connectivity index (χ1n) is 11.7. The van der Waals surface area contributed by atoms with Gasteiger partial charge in [0.2, 0.25) is 0 Å². The Labute approximate surface area is 207 Å². The van der Waals surface area contributed by atoms with Gasteiger partial charge in [0.15, 0.2) is 5.11 Å². The van der Waals surface area contributed by atoms with Gasteiger partial charge in [0, 0.05) is 29.0 Å². The van der Waals surface area contributed by atoms with Gasteiger partial charge in [-0.05, 0) is 112 Å². The van der Waals surface area contributed by atoms with Crippen LogP contribution >= 0.6 is 12.2 Å². The number of hydrogen-bond acceptors (Lipinski definition) is 2. The number of pyridine rings is 1. The van der Waals surface area contributed by atoms with E-state index < -0.39 is 0 Å². The average molecular weight is 467 g/mol. The smallest absolute Gasteiger partial charge is 0.174 e. The number of nitrogens with zero attached hydrogens (tertiary/aromatic N) is 3. The Morgan fingerprint density at radius 1 is 0.794 bits per heavy atom. The highest BCUT2D eigenvalue weighted by molar-refractivity contribution is 7.80. The van der Waals surface area contributed by atoms with Crippen molar-refractivity contribution >= 4 is 23.0 Å². The number of aryl methyl sites for hydroxylation is 4. The van der Waals surface area contributed by atoms with Crippen molar-refractivity contribution in [2.24, 2.45) is 0 Å². The van der Waals surface area contributed by atoms with Gasteiger partial charge < -0.3 is 14.8 Å². The number of nitrogens with one attached hydrogen (secondary N) is 1. The van der Waals surface area contributed by atoms with Crippen LogP contribution in [0.3, 0.4) is 0 Å². The molecule has 0 aliphatic carbocycles. The molecule has 0 saturated carbocycles. The third kappa shape index (κ3) is 3.90.